The molecule has 2 aromatic heterocycles. The van der Waals surface area contributed by atoms with Crippen molar-refractivity contribution >= 4 is 11.7 Å². The largest absolute Gasteiger partial charge is 0.305 e. The molecule has 0 atom stereocenters. The van der Waals surface area contributed by atoms with Gasteiger partial charge in [-0.1, -0.05) is 6.07 Å². The minimum atomic E-state index is -0.245. The molecule has 0 aliphatic heterocycles. The molecule has 0 aliphatic rings. The summed E-state index contributed by atoms with van der Waals surface area (Å²) in [6, 6.07) is 5.40. The maximum Gasteiger partial charge on any atom is 0.277 e. The number of pyridine rings is 1. The lowest BCUT2D eigenvalue weighted by Gasteiger charge is -2.01. The van der Waals surface area contributed by atoms with Crippen LogP contribution in [-0.2, 0) is 7.05 Å². The number of rotatable bonds is 2. The molecule has 2 rings (SSSR count). The lowest BCUT2D eigenvalue weighted by molar-refractivity contribution is 0.102. The molecule has 0 aliphatic carbocycles. The Hall–Kier alpha value is -2.17. The number of carbonyl (C=O) groups is 1. The average molecular weight is 230 g/mol. The highest BCUT2D eigenvalue weighted by atomic mass is 16.2. The van der Waals surface area contributed by atoms with E-state index in [9.17, 15) is 4.79 Å². The first-order chi connectivity index (χ1) is 8.06. The second-order valence-corrected chi connectivity index (χ2v) is 3.97. The first kappa shape index (κ1) is 11.3. The first-order valence-corrected chi connectivity index (χ1v) is 5.31. The Bertz CT molecular complexity index is 523. The zero-order valence-corrected chi connectivity index (χ0v) is 10.1. The van der Waals surface area contributed by atoms with Crippen LogP contribution >= 0.6 is 0 Å². The van der Waals surface area contributed by atoms with E-state index in [1.54, 1.807) is 30.1 Å². The van der Waals surface area contributed by atoms with Crippen molar-refractivity contribution < 1.29 is 4.79 Å². The predicted octanol–water partition coefficient (Wildman–Crippen LogP) is 1.68. The van der Waals surface area contributed by atoms with Crippen LogP contribution in [0, 0.1) is 13.8 Å². The molecule has 0 saturated carbocycles. The molecular weight excluding hydrogens is 216 g/mol. The SMILES string of the molecule is Cc1ccc(NC(=O)c2cc(C)n(C)n2)nc1. The Morgan fingerprint density at radius 2 is 2.12 bits per heavy atom. The van der Waals surface area contributed by atoms with Crippen molar-refractivity contribution in [2.45, 2.75) is 13.8 Å². The van der Waals surface area contributed by atoms with Crippen LogP contribution in [0.3, 0.4) is 0 Å². The van der Waals surface area contributed by atoms with Gasteiger partial charge in [-0.15, -0.1) is 0 Å². The van der Waals surface area contributed by atoms with Crippen LogP contribution in [0.25, 0.3) is 0 Å². The zero-order chi connectivity index (χ0) is 12.4. The molecule has 0 bridgehead atoms. The Morgan fingerprint density at radius 3 is 2.65 bits per heavy atom. The molecule has 0 aromatic carbocycles. The normalized spacial score (nSPS) is 10.3. The first-order valence-electron chi connectivity index (χ1n) is 5.31. The fourth-order valence-corrected chi connectivity index (χ4v) is 1.39. The fourth-order valence-electron chi connectivity index (χ4n) is 1.39. The smallest absolute Gasteiger partial charge is 0.277 e. The number of hydrogen-bond acceptors (Lipinski definition) is 3. The lowest BCUT2D eigenvalue weighted by Crippen LogP contribution is -2.13. The molecule has 17 heavy (non-hydrogen) atoms. The summed E-state index contributed by atoms with van der Waals surface area (Å²) in [6.45, 7) is 3.84. The van der Waals surface area contributed by atoms with E-state index in [4.69, 9.17) is 0 Å². The predicted molar refractivity (Wildman–Crippen MR) is 64.9 cm³/mol. The Morgan fingerprint density at radius 1 is 1.35 bits per heavy atom. The third-order valence-corrected chi connectivity index (χ3v) is 2.50. The molecule has 88 valence electrons. The summed E-state index contributed by atoms with van der Waals surface area (Å²) in [4.78, 5) is 15.9. The van der Waals surface area contributed by atoms with Gasteiger partial charge < -0.3 is 5.32 Å². The molecule has 5 nitrogen and oxygen atoms in total. The number of aromatic nitrogens is 3. The third kappa shape index (κ3) is 2.50. The van der Waals surface area contributed by atoms with E-state index in [0.717, 1.165) is 11.3 Å². The van der Waals surface area contributed by atoms with Gasteiger partial charge in [0.2, 0.25) is 0 Å². The number of carbonyl (C=O) groups excluding carboxylic acids is 1. The van der Waals surface area contributed by atoms with Crippen molar-refractivity contribution in [1.29, 1.82) is 0 Å². The minimum absolute atomic E-state index is 0.245. The van der Waals surface area contributed by atoms with Gasteiger partial charge in [0, 0.05) is 18.9 Å². The molecule has 0 fully saturated rings. The van der Waals surface area contributed by atoms with Gasteiger partial charge in [0.15, 0.2) is 5.69 Å². The van der Waals surface area contributed by atoms with Crippen LogP contribution in [0.2, 0.25) is 0 Å². The summed E-state index contributed by atoms with van der Waals surface area (Å²) >= 11 is 0. The van der Waals surface area contributed by atoms with Crippen molar-refractivity contribution in [1.82, 2.24) is 14.8 Å². The maximum absolute atomic E-state index is 11.8. The lowest BCUT2D eigenvalue weighted by atomic mass is 10.3. The summed E-state index contributed by atoms with van der Waals surface area (Å²) < 4.78 is 1.66. The van der Waals surface area contributed by atoms with Gasteiger partial charge in [-0.25, -0.2) is 4.98 Å². The van der Waals surface area contributed by atoms with Crippen molar-refractivity contribution in [3.63, 3.8) is 0 Å². The maximum atomic E-state index is 11.8. The minimum Gasteiger partial charge on any atom is -0.305 e. The quantitative estimate of drug-likeness (QED) is 0.854. The van der Waals surface area contributed by atoms with Gasteiger partial charge >= 0.3 is 0 Å². The summed E-state index contributed by atoms with van der Waals surface area (Å²) in [7, 11) is 1.80. The Kier molecular flexibility index (Phi) is 2.91. The highest BCUT2D eigenvalue weighted by Crippen LogP contribution is 2.07. The highest BCUT2D eigenvalue weighted by Gasteiger charge is 2.11. The van der Waals surface area contributed by atoms with E-state index in [1.165, 1.54) is 0 Å². The molecule has 2 heterocycles. The molecule has 1 N–H and O–H groups in total. The van der Waals surface area contributed by atoms with Gasteiger partial charge in [-0.3, -0.25) is 9.48 Å². The van der Waals surface area contributed by atoms with Crippen molar-refractivity contribution in [2.24, 2.45) is 7.05 Å². The summed E-state index contributed by atoms with van der Waals surface area (Å²) in [5.41, 5.74) is 2.39. The van der Waals surface area contributed by atoms with Gasteiger partial charge in [0.05, 0.1) is 0 Å². The summed E-state index contributed by atoms with van der Waals surface area (Å²) in [5, 5.41) is 6.80. The van der Waals surface area contributed by atoms with Crippen LogP contribution in [0.5, 0.6) is 0 Å². The molecule has 0 spiro atoms. The van der Waals surface area contributed by atoms with Gasteiger partial charge in [-0.2, -0.15) is 5.10 Å². The Labute approximate surface area is 99.5 Å². The number of amides is 1. The number of anilines is 1. The van der Waals surface area contributed by atoms with E-state index >= 15 is 0 Å². The van der Waals surface area contributed by atoms with E-state index in [-0.39, 0.29) is 5.91 Å². The second kappa shape index (κ2) is 4.37. The number of hydrogen-bond donors (Lipinski definition) is 1. The van der Waals surface area contributed by atoms with Crippen LogP contribution in [0.1, 0.15) is 21.7 Å². The van der Waals surface area contributed by atoms with Crippen molar-refractivity contribution in [3.8, 4) is 0 Å². The topological polar surface area (TPSA) is 59.8 Å². The summed E-state index contributed by atoms with van der Waals surface area (Å²) in [5.74, 6) is 0.286. The Balaban J connectivity index is 2.14. The molecule has 0 unspecified atom stereocenters. The van der Waals surface area contributed by atoms with Crippen LogP contribution < -0.4 is 5.32 Å². The van der Waals surface area contributed by atoms with E-state index in [0.29, 0.717) is 11.5 Å². The standard InChI is InChI=1S/C12H14N4O/c1-8-4-5-11(13-7-8)14-12(17)10-6-9(2)16(3)15-10/h4-7H,1-3H3,(H,13,14,17). The van der Waals surface area contributed by atoms with Gasteiger partial charge in [-0.05, 0) is 31.5 Å². The van der Waals surface area contributed by atoms with Crippen LogP contribution in [-0.4, -0.2) is 20.7 Å². The number of aryl methyl sites for hydroxylation is 3. The number of nitrogens with zero attached hydrogens (tertiary/aromatic N) is 3. The van der Waals surface area contributed by atoms with Gasteiger partial charge in [0.25, 0.3) is 5.91 Å². The monoisotopic (exact) mass is 230 g/mol. The molecule has 5 heteroatoms. The average Bonchev–Trinajstić information content (AvgIpc) is 2.63. The van der Waals surface area contributed by atoms with Crippen molar-refractivity contribution in [3.05, 3.63) is 41.3 Å². The van der Waals surface area contributed by atoms with E-state index < -0.39 is 0 Å². The van der Waals surface area contributed by atoms with Crippen LogP contribution in [0.4, 0.5) is 5.82 Å². The van der Waals surface area contributed by atoms with Crippen LogP contribution in [0.15, 0.2) is 24.4 Å². The second-order valence-electron chi connectivity index (χ2n) is 3.97. The van der Waals surface area contributed by atoms with E-state index in [2.05, 4.69) is 15.4 Å². The van der Waals surface area contributed by atoms with Gasteiger partial charge in [0.1, 0.15) is 5.82 Å². The molecule has 1 amide bonds. The zero-order valence-electron chi connectivity index (χ0n) is 10.1. The highest BCUT2D eigenvalue weighted by molar-refractivity contribution is 6.02. The molecular formula is C12H14N4O. The molecule has 0 saturated heterocycles. The summed E-state index contributed by atoms with van der Waals surface area (Å²) in [6.07, 6.45) is 1.71. The molecule has 0 radical (unpaired) electrons. The van der Waals surface area contributed by atoms with E-state index in [1.807, 2.05) is 19.9 Å². The fraction of sp³-hybridized carbons (Fsp3) is 0.250. The third-order valence-electron chi connectivity index (χ3n) is 2.50. The van der Waals surface area contributed by atoms with Crippen molar-refractivity contribution in [2.75, 3.05) is 5.32 Å². The molecule has 2 aromatic rings. The number of nitrogens with one attached hydrogen (secondary N) is 1.